The van der Waals surface area contributed by atoms with E-state index in [1.54, 1.807) is 11.3 Å². The van der Waals surface area contributed by atoms with E-state index in [1.807, 2.05) is 41.8 Å². The van der Waals surface area contributed by atoms with Gasteiger partial charge in [0.25, 0.3) is 0 Å². The Morgan fingerprint density at radius 2 is 2.11 bits per heavy atom. The molecule has 1 atom stereocenters. The molecule has 0 bridgehead atoms. The average Bonchev–Trinajstić information content (AvgIpc) is 2.92. The molecule has 0 saturated carbocycles. The van der Waals surface area contributed by atoms with Crippen LogP contribution < -0.4 is 5.73 Å². The second-order valence-electron chi connectivity index (χ2n) is 4.40. The van der Waals surface area contributed by atoms with E-state index in [2.05, 4.69) is 15.5 Å². The first kappa shape index (κ1) is 11.4. The summed E-state index contributed by atoms with van der Waals surface area (Å²) in [6.45, 7) is 2.00. The molecule has 18 heavy (non-hydrogen) atoms. The lowest BCUT2D eigenvalue weighted by Gasteiger charge is -2.01. The van der Waals surface area contributed by atoms with Gasteiger partial charge in [-0.05, 0) is 6.92 Å². The van der Waals surface area contributed by atoms with Crippen molar-refractivity contribution >= 4 is 16.3 Å². The number of aromatic nitrogens is 3. The molecule has 3 aromatic rings. The fourth-order valence-corrected chi connectivity index (χ4v) is 2.74. The first-order valence-electron chi connectivity index (χ1n) is 5.88. The fourth-order valence-electron chi connectivity index (χ4n) is 1.91. The Bertz CT molecular complexity index is 654. The van der Waals surface area contributed by atoms with Crippen molar-refractivity contribution in [2.75, 3.05) is 0 Å². The normalized spacial score (nSPS) is 13.0. The highest BCUT2D eigenvalue weighted by Crippen LogP contribution is 2.21. The molecule has 0 aliphatic rings. The Hall–Kier alpha value is -1.72. The maximum atomic E-state index is 5.84. The Kier molecular flexibility index (Phi) is 2.85. The van der Waals surface area contributed by atoms with Gasteiger partial charge in [0, 0.05) is 23.4 Å². The number of hydrogen-bond acceptors (Lipinski definition) is 4. The van der Waals surface area contributed by atoms with Gasteiger partial charge in [0.1, 0.15) is 0 Å². The molecule has 3 rings (SSSR count). The lowest BCUT2D eigenvalue weighted by atomic mass is 10.2. The van der Waals surface area contributed by atoms with Crippen molar-refractivity contribution in [1.29, 1.82) is 0 Å². The molecule has 0 radical (unpaired) electrons. The van der Waals surface area contributed by atoms with Gasteiger partial charge < -0.3 is 5.73 Å². The van der Waals surface area contributed by atoms with Crippen molar-refractivity contribution < 1.29 is 0 Å². The molecule has 0 fully saturated rings. The summed E-state index contributed by atoms with van der Waals surface area (Å²) in [5.74, 6) is 0.772. The van der Waals surface area contributed by atoms with Gasteiger partial charge in [-0.3, -0.25) is 0 Å². The molecule has 2 heterocycles. The molecular formula is C13H14N4S. The predicted octanol–water partition coefficient (Wildman–Crippen LogP) is 2.35. The minimum atomic E-state index is 0.132. The van der Waals surface area contributed by atoms with Crippen LogP contribution in [0, 0.1) is 0 Å². The maximum Gasteiger partial charge on any atom is 0.212 e. The Labute approximate surface area is 109 Å². The third-order valence-electron chi connectivity index (χ3n) is 2.71. The van der Waals surface area contributed by atoms with Crippen LogP contribution in [0.3, 0.4) is 0 Å². The van der Waals surface area contributed by atoms with Crippen LogP contribution in [-0.4, -0.2) is 20.6 Å². The molecule has 1 unspecified atom stereocenters. The molecule has 0 saturated heterocycles. The number of rotatable bonds is 3. The molecule has 0 spiro atoms. The fraction of sp³-hybridized carbons (Fsp3) is 0.231. The Balaban J connectivity index is 2.04. The highest BCUT2D eigenvalue weighted by Gasteiger charge is 2.11. The molecule has 4 nitrogen and oxygen atoms in total. The zero-order valence-corrected chi connectivity index (χ0v) is 10.9. The van der Waals surface area contributed by atoms with Gasteiger partial charge in [0.15, 0.2) is 5.82 Å². The van der Waals surface area contributed by atoms with Gasteiger partial charge in [-0.1, -0.05) is 30.3 Å². The lowest BCUT2D eigenvalue weighted by molar-refractivity contribution is 0.703. The van der Waals surface area contributed by atoms with Crippen molar-refractivity contribution in [1.82, 2.24) is 14.6 Å². The van der Waals surface area contributed by atoms with Crippen LogP contribution in [0.25, 0.3) is 16.3 Å². The lowest BCUT2D eigenvalue weighted by Crippen LogP contribution is -2.18. The van der Waals surface area contributed by atoms with E-state index in [0.717, 1.165) is 28.5 Å². The van der Waals surface area contributed by atoms with E-state index in [9.17, 15) is 0 Å². The SMILES string of the molecule is CC(N)Cc1csc2nc(-c3ccccc3)nn12. The van der Waals surface area contributed by atoms with Gasteiger partial charge in [0.05, 0.1) is 5.69 Å². The summed E-state index contributed by atoms with van der Waals surface area (Å²) >= 11 is 1.61. The topological polar surface area (TPSA) is 56.2 Å². The minimum Gasteiger partial charge on any atom is -0.328 e. The number of fused-ring (bicyclic) bond motifs is 1. The molecule has 5 heteroatoms. The van der Waals surface area contributed by atoms with Crippen LogP contribution in [-0.2, 0) is 6.42 Å². The highest BCUT2D eigenvalue weighted by molar-refractivity contribution is 7.15. The van der Waals surface area contributed by atoms with Crippen LogP contribution in [0.4, 0.5) is 0 Å². The first-order chi connectivity index (χ1) is 8.74. The summed E-state index contributed by atoms with van der Waals surface area (Å²) in [7, 11) is 0. The van der Waals surface area contributed by atoms with E-state index in [4.69, 9.17) is 5.73 Å². The largest absolute Gasteiger partial charge is 0.328 e. The van der Waals surface area contributed by atoms with Crippen molar-refractivity contribution in [2.45, 2.75) is 19.4 Å². The molecule has 0 amide bonds. The van der Waals surface area contributed by atoms with Crippen molar-refractivity contribution in [3.8, 4) is 11.4 Å². The van der Waals surface area contributed by atoms with Crippen LogP contribution in [0.1, 0.15) is 12.6 Å². The van der Waals surface area contributed by atoms with E-state index < -0.39 is 0 Å². The Morgan fingerprint density at radius 3 is 2.83 bits per heavy atom. The summed E-state index contributed by atoms with van der Waals surface area (Å²) in [5.41, 5.74) is 8.00. The zero-order chi connectivity index (χ0) is 12.5. The van der Waals surface area contributed by atoms with Crippen LogP contribution >= 0.6 is 11.3 Å². The molecule has 2 aromatic heterocycles. The molecule has 2 N–H and O–H groups in total. The zero-order valence-electron chi connectivity index (χ0n) is 10.1. The van der Waals surface area contributed by atoms with Gasteiger partial charge in [0.2, 0.25) is 4.96 Å². The van der Waals surface area contributed by atoms with Gasteiger partial charge in [-0.25, -0.2) is 4.52 Å². The predicted molar refractivity (Wildman–Crippen MR) is 73.7 cm³/mol. The first-order valence-corrected chi connectivity index (χ1v) is 6.76. The number of nitrogens with zero attached hydrogens (tertiary/aromatic N) is 3. The molecule has 92 valence electrons. The van der Waals surface area contributed by atoms with E-state index in [1.165, 1.54) is 0 Å². The molecule has 1 aromatic carbocycles. The summed E-state index contributed by atoms with van der Waals surface area (Å²) in [6, 6.07) is 10.1. The van der Waals surface area contributed by atoms with Crippen LogP contribution in [0.2, 0.25) is 0 Å². The highest BCUT2D eigenvalue weighted by atomic mass is 32.1. The summed E-state index contributed by atoms with van der Waals surface area (Å²) in [4.78, 5) is 5.46. The summed E-state index contributed by atoms with van der Waals surface area (Å²) < 4.78 is 1.90. The number of benzene rings is 1. The minimum absolute atomic E-state index is 0.132. The quantitative estimate of drug-likeness (QED) is 0.784. The third kappa shape index (κ3) is 2.02. The van der Waals surface area contributed by atoms with Gasteiger partial charge >= 0.3 is 0 Å². The summed E-state index contributed by atoms with van der Waals surface area (Å²) in [6.07, 6.45) is 0.817. The van der Waals surface area contributed by atoms with Gasteiger partial charge in [-0.2, -0.15) is 4.98 Å². The summed E-state index contributed by atoms with van der Waals surface area (Å²) in [5, 5.41) is 6.63. The van der Waals surface area contributed by atoms with E-state index in [0.29, 0.717) is 0 Å². The molecular weight excluding hydrogens is 244 g/mol. The number of thiazole rings is 1. The van der Waals surface area contributed by atoms with Gasteiger partial charge in [-0.15, -0.1) is 16.4 Å². The van der Waals surface area contributed by atoms with Crippen LogP contribution in [0.15, 0.2) is 35.7 Å². The average molecular weight is 258 g/mol. The monoisotopic (exact) mass is 258 g/mol. The second kappa shape index (κ2) is 4.51. The van der Waals surface area contributed by atoms with E-state index >= 15 is 0 Å². The third-order valence-corrected chi connectivity index (χ3v) is 3.58. The Morgan fingerprint density at radius 1 is 1.33 bits per heavy atom. The van der Waals surface area contributed by atoms with E-state index in [-0.39, 0.29) is 6.04 Å². The van der Waals surface area contributed by atoms with Crippen LogP contribution in [0.5, 0.6) is 0 Å². The van der Waals surface area contributed by atoms with Crippen molar-refractivity contribution in [3.05, 3.63) is 41.4 Å². The molecule has 0 aliphatic heterocycles. The number of hydrogen-bond donors (Lipinski definition) is 1. The van der Waals surface area contributed by atoms with Crippen molar-refractivity contribution in [3.63, 3.8) is 0 Å². The second-order valence-corrected chi connectivity index (χ2v) is 5.24. The van der Waals surface area contributed by atoms with Crippen molar-refractivity contribution in [2.24, 2.45) is 5.73 Å². The standard InChI is InChI=1S/C13H14N4S/c1-9(14)7-11-8-18-13-15-12(16-17(11)13)10-5-3-2-4-6-10/h2-6,8-9H,7,14H2,1H3. The maximum absolute atomic E-state index is 5.84. The smallest absolute Gasteiger partial charge is 0.212 e. The molecule has 0 aliphatic carbocycles. The number of nitrogens with two attached hydrogens (primary N) is 1.